The van der Waals surface area contributed by atoms with Crippen LogP contribution in [0.25, 0.3) is 0 Å². The summed E-state index contributed by atoms with van der Waals surface area (Å²) in [6.45, 7) is 9.90. The molecule has 2 atom stereocenters. The molecule has 1 saturated heterocycles. The average molecular weight is 317 g/mol. The van der Waals surface area contributed by atoms with Gasteiger partial charge in [0.05, 0.1) is 11.6 Å². The van der Waals surface area contributed by atoms with E-state index in [0.29, 0.717) is 6.54 Å². The van der Waals surface area contributed by atoms with Gasteiger partial charge in [0.1, 0.15) is 0 Å². The minimum Gasteiger partial charge on any atom is -0.353 e. The summed E-state index contributed by atoms with van der Waals surface area (Å²) in [6.07, 6.45) is 3.20. The summed E-state index contributed by atoms with van der Waals surface area (Å²) < 4.78 is 0. The van der Waals surface area contributed by atoms with Gasteiger partial charge in [-0.2, -0.15) is 0 Å². The number of likely N-dealkylation sites (N-methyl/N-ethyl adjacent to an activating group) is 1. The van der Waals surface area contributed by atoms with Crippen molar-refractivity contribution in [3.8, 4) is 0 Å². The lowest BCUT2D eigenvalue weighted by Crippen LogP contribution is -2.57. The monoisotopic (exact) mass is 317 g/mol. The first-order valence-electron chi connectivity index (χ1n) is 8.93. The molecule has 4 nitrogen and oxygen atoms in total. The van der Waals surface area contributed by atoms with Crippen LogP contribution in [0.15, 0.2) is 30.3 Å². The molecule has 1 aliphatic rings. The van der Waals surface area contributed by atoms with E-state index in [4.69, 9.17) is 0 Å². The zero-order valence-electron chi connectivity index (χ0n) is 14.8. The summed E-state index contributed by atoms with van der Waals surface area (Å²) in [7, 11) is 0. The quantitative estimate of drug-likeness (QED) is 0.813. The van der Waals surface area contributed by atoms with Gasteiger partial charge in [-0.3, -0.25) is 9.69 Å². The van der Waals surface area contributed by atoms with Gasteiger partial charge in [0.15, 0.2) is 0 Å². The van der Waals surface area contributed by atoms with Crippen molar-refractivity contribution in [1.82, 2.24) is 15.5 Å². The van der Waals surface area contributed by atoms with Crippen LogP contribution in [0.1, 0.15) is 51.6 Å². The van der Waals surface area contributed by atoms with Crippen molar-refractivity contribution in [1.29, 1.82) is 0 Å². The van der Waals surface area contributed by atoms with E-state index in [0.717, 1.165) is 38.9 Å². The van der Waals surface area contributed by atoms with Crippen LogP contribution in [0.3, 0.4) is 0 Å². The van der Waals surface area contributed by atoms with Crippen molar-refractivity contribution < 1.29 is 4.79 Å². The van der Waals surface area contributed by atoms with Crippen LogP contribution in [-0.4, -0.2) is 42.5 Å². The molecular formula is C19H31N3O. The Morgan fingerprint density at radius 1 is 1.26 bits per heavy atom. The standard InChI is InChI=1S/C19H31N3O/c1-4-22(5-2)17(16-11-7-6-8-12-16)15-20-18(23)19(3)13-9-10-14-21-19/h6-8,11-12,17,21H,4-5,9-10,13-15H2,1-3H3,(H,20,23). The molecule has 1 aromatic carbocycles. The van der Waals surface area contributed by atoms with Gasteiger partial charge in [0, 0.05) is 6.54 Å². The number of nitrogens with one attached hydrogen (secondary N) is 2. The normalized spacial score (nSPS) is 22.8. The molecule has 2 N–H and O–H groups in total. The fourth-order valence-electron chi connectivity index (χ4n) is 3.43. The minimum atomic E-state index is -0.414. The third-order valence-corrected chi connectivity index (χ3v) is 5.01. The van der Waals surface area contributed by atoms with Crippen LogP contribution in [0.2, 0.25) is 0 Å². The highest BCUT2D eigenvalue weighted by atomic mass is 16.2. The van der Waals surface area contributed by atoms with E-state index in [2.05, 4.69) is 53.6 Å². The third kappa shape index (κ3) is 4.55. The SMILES string of the molecule is CCN(CC)C(CNC(=O)C1(C)CCCCN1)c1ccccc1. The Bertz CT molecular complexity index is 479. The van der Waals surface area contributed by atoms with E-state index >= 15 is 0 Å². The summed E-state index contributed by atoms with van der Waals surface area (Å²) in [4.78, 5) is 15.1. The van der Waals surface area contributed by atoms with Gasteiger partial charge >= 0.3 is 0 Å². The van der Waals surface area contributed by atoms with Crippen molar-refractivity contribution in [3.63, 3.8) is 0 Å². The molecular weight excluding hydrogens is 286 g/mol. The lowest BCUT2D eigenvalue weighted by molar-refractivity contribution is -0.128. The first-order chi connectivity index (χ1) is 11.1. The molecule has 128 valence electrons. The number of carbonyl (C=O) groups is 1. The number of rotatable bonds is 7. The van der Waals surface area contributed by atoms with Gasteiger partial charge in [-0.05, 0) is 51.4 Å². The summed E-state index contributed by atoms with van der Waals surface area (Å²) in [5, 5.41) is 6.59. The zero-order valence-corrected chi connectivity index (χ0v) is 14.8. The number of amides is 1. The number of hydrogen-bond acceptors (Lipinski definition) is 3. The topological polar surface area (TPSA) is 44.4 Å². The number of benzene rings is 1. The summed E-state index contributed by atoms with van der Waals surface area (Å²) in [5.41, 5.74) is 0.848. The van der Waals surface area contributed by atoms with Gasteiger partial charge in [0.2, 0.25) is 5.91 Å². The van der Waals surface area contributed by atoms with Crippen LogP contribution >= 0.6 is 0 Å². The van der Waals surface area contributed by atoms with Crippen molar-refractivity contribution >= 4 is 5.91 Å². The number of piperidine rings is 1. The molecule has 1 aromatic rings. The van der Waals surface area contributed by atoms with E-state index in [-0.39, 0.29) is 11.9 Å². The van der Waals surface area contributed by atoms with Gasteiger partial charge in [-0.15, -0.1) is 0 Å². The Kier molecular flexibility index (Phi) is 6.60. The molecule has 0 bridgehead atoms. The summed E-state index contributed by atoms with van der Waals surface area (Å²) >= 11 is 0. The molecule has 0 aliphatic carbocycles. The molecule has 0 radical (unpaired) electrons. The molecule has 0 aromatic heterocycles. The van der Waals surface area contributed by atoms with Crippen molar-refractivity contribution in [2.24, 2.45) is 0 Å². The summed E-state index contributed by atoms with van der Waals surface area (Å²) in [5.74, 6) is 0.130. The van der Waals surface area contributed by atoms with Gasteiger partial charge in [-0.25, -0.2) is 0 Å². The Morgan fingerprint density at radius 3 is 2.52 bits per heavy atom. The van der Waals surface area contributed by atoms with E-state index in [1.54, 1.807) is 0 Å². The van der Waals surface area contributed by atoms with Gasteiger partial charge < -0.3 is 10.6 Å². The van der Waals surface area contributed by atoms with E-state index in [1.165, 1.54) is 5.56 Å². The van der Waals surface area contributed by atoms with Crippen molar-refractivity contribution in [3.05, 3.63) is 35.9 Å². The fraction of sp³-hybridized carbons (Fsp3) is 0.632. The van der Waals surface area contributed by atoms with E-state index in [1.807, 2.05) is 13.0 Å². The van der Waals surface area contributed by atoms with Gasteiger partial charge in [-0.1, -0.05) is 44.2 Å². The fourth-order valence-corrected chi connectivity index (χ4v) is 3.43. The van der Waals surface area contributed by atoms with Crippen LogP contribution in [0, 0.1) is 0 Å². The maximum atomic E-state index is 12.7. The molecule has 2 rings (SSSR count). The number of hydrogen-bond donors (Lipinski definition) is 2. The zero-order chi connectivity index (χ0) is 16.7. The first kappa shape index (κ1) is 18.0. The lowest BCUT2D eigenvalue weighted by Gasteiger charge is -2.35. The second kappa shape index (κ2) is 8.46. The Balaban J connectivity index is 2.04. The van der Waals surface area contributed by atoms with E-state index in [9.17, 15) is 4.79 Å². The van der Waals surface area contributed by atoms with E-state index < -0.39 is 5.54 Å². The van der Waals surface area contributed by atoms with Crippen LogP contribution in [0.5, 0.6) is 0 Å². The smallest absolute Gasteiger partial charge is 0.240 e. The molecule has 23 heavy (non-hydrogen) atoms. The maximum absolute atomic E-state index is 12.7. The second-order valence-corrected chi connectivity index (χ2v) is 6.57. The molecule has 1 aliphatic heterocycles. The van der Waals surface area contributed by atoms with Crippen LogP contribution < -0.4 is 10.6 Å². The molecule has 0 spiro atoms. The van der Waals surface area contributed by atoms with Crippen LogP contribution in [0.4, 0.5) is 0 Å². The third-order valence-electron chi connectivity index (χ3n) is 5.01. The Hall–Kier alpha value is -1.39. The molecule has 0 saturated carbocycles. The summed E-state index contributed by atoms with van der Waals surface area (Å²) in [6, 6.07) is 10.7. The molecule has 1 amide bonds. The second-order valence-electron chi connectivity index (χ2n) is 6.57. The van der Waals surface area contributed by atoms with Crippen molar-refractivity contribution in [2.75, 3.05) is 26.2 Å². The lowest BCUT2D eigenvalue weighted by atomic mass is 9.90. The van der Waals surface area contributed by atoms with Crippen molar-refractivity contribution in [2.45, 2.75) is 51.6 Å². The molecule has 4 heteroatoms. The number of carbonyl (C=O) groups excluding carboxylic acids is 1. The highest BCUT2D eigenvalue weighted by Crippen LogP contribution is 2.22. The maximum Gasteiger partial charge on any atom is 0.240 e. The number of nitrogens with zero attached hydrogens (tertiary/aromatic N) is 1. The molecule has 1 heterocycles. The molecule has 1 fully saturated rings. The minimum absolute atomic E-state index is 0.130. The highest BCUT2D eigenvalue weighted by Gasteiger charge is 2.34. The predicted molar refractivity (Wildman–Crippen MR) is 95.4 cm³/mol. The Morgan fingerprint density at radius 2 is 1.96 bits per heavy atom. The average Bonchev–Trinajstić information content (AvgIpc) is 2.59. The molecule has 2 unspecified atom stereocenters. The van der Waals surface area contributed by atoms with Crippen LogP contribution in [-0.2, 0) is 4.79 Å². The highest BCUT2D eigenvalue weighted by molar-refractivity contribution is 5.86. The first-order valence-corrected chi connectivity index (χ1v) is 8.93. The Labute approximate surface area is 140 Å². The largest absolute Gasteiger partial charge is 0.353 e. The van der Waals surface area contributed by atoms with Gasteiger partial charge in [0.25, 0.3) is 0 Å². The predicted octanol–water partition coefficient (Wildman–Crippen LogP) is 2.72.